The average molecular weight is 445 g/mol. The van der Waals surface area contributed by atoms with Gasteiger partial charge in [-0.05, 0) is 81.0 Å². The Morgan fingerprint density at radius 2 is 1.18 bits per heavy atom. The molecule has 0 spiro atoms. The van der Waals surface area contributed by atoms with Crippen molar-refractivity contribution in [2.75, 3.05) is 0 Å². The van der Waals surface area contributed by atoms with Gasteiger partial charge in [0.15, 0.2) is 7.28 Å². The van der Waals surface area contributed by atoms with E-state index in [1.165, 1.54) is 49.9 Å². The molecule has 4 aromatic carbocycles. The molecule has 0 amide bonds. The molecular weight excluding hydrogens is 411 g/mol. The van der Waals surface area contributed by atoms with Gasteiger partial charge in [-0.2, -0.15) is 0 Å². The van der Waals surface area contributed by atoms with Crippen molar-refractivity contribution in [1.29, 1.82) is 0 Å². The van der Waals surface area contributed by atoms with E-state index < -0.39 is 0 Å². The molecule has 0 heterocycles. The highest BCUT2D eigenvalue weighted by Crippen LogP contribution is 2.26. The van der Waals surface area contributed by atoms with Gasteiger partial charge in [0.05, 0.1) is 0 Å². The maximum atomic E-state index is 6.21. The maximum Gasteiger partial charge on any atom is 0.192 e. The molecule has 1 unspecified atom stereocenters. The Bertz CT molecular complexity index is 1230. The van der Waals surface area contributed by atoms with Crippen molar-refractivity contribution in [3.63, 3.8) is 0 Å². The average Bonchev–Trinajstić information content (AvgIpc) is 2.83. The summed E-state index contributed by atoms with van der Waals surface area (Å²) in [4.78, 5) is 0. The van der Waals surface area contributed by atoms with Crippen LogP contribution in [0.25, 0.3) is 11.1 Å². The van der Waals surface area contributed by atoms with Crippen molar-refractivity contribution in [1.82, 2.24) is 0 Å². The first-order valence-corrected chi connectivity index (χ1v) is 12.3. The number of hydrogen-bond donors (Lipinski definition) is 0. The quantitative estimate of drug-likeness (QED) is 0.267. The summed E-state index contributed by atoms with van der Waals surface area (Å²) in [5.41, 5.74) is 11.5. The molecule has 0 saturated heterocycles. The van der Waals surface area contributed by atoms with Gasteiger partial charge in [-0.3, -0.25) is 0 Å². The third kappa shape index (κ3) is 5.28. The lowest BCUT2D eigenvalue weighted by Crippen LogP contribution is -2.34. The van der Waals surface area contributed by atoms with Crippen molar-refractivity contribution >= 4 is 18.2 Å². The fourth-order valence-electron chi connectivity index (χ4n) is 4.60. The van der Waals surface area contributed by atoms with Gasteiger partial charge in [0, 0.05) is 0 Å². The molecule has 4 rings (SSSR count). The normalized spacial score (nSPS) is 11.8. The van der Waals surface area contributed by atoms with Crippen molar-refractivity contribution in [2.45, 2.75) is 53.9 Å². The second kappa shape index (κ2) is 10.3. The van der Waals surface area contributed by atoms with E-state index in [1.807, 2.05) is 0 Å². The number of benzene rings is 4. The van der Waals surface area contributed by atoms with Crippen LogP contribution in [-0.2, 0) is 0 Å². The first-order valence-electron chi connectivity index (χ1n) is 12.3. The highest BCUT2D eigenvalue weighted by Gasteiger charge is 2.14. The molecule has 0 saturated carbocycles. The molecule has 0 bridgehead atoms. The van der Waals surface area contributed by atoms with E-state index in [2.05, 4.69) is 128 Å². The van der Waals surface area contributed by atoms with Gasteiger partial charge in [0.1, 0.15) is 11.5 Å². The van der Waals surface area contributed by atoms with Crippen molar-refractivity contribution in [3.05, 3.63) is 107 Å². The van der Waals surface area contributed by atoms with Crippen molar-refractivity contribution in [2.24, 2.45) is 0 Å². The van der Waals surface area contributed by atoms with Gasteiger partial charge in [0.25, 0.3) is 0 Å². The topological polar surface area (TPSA) is 9.23 Å². The smallest absolute Gasteiger partial charge is 0.192 e. The molecule has 1 radical (unpaired) electrons. The molecule has 0 aliphatic heterocycles. The number of ether oxygens (including phenoxy) is 1. The zero-order valence-corrected chi connectivity index (χ0v) is 21.3. The minimum atomic E-state index is 0.571. The summed E-state index contributed by atoms with van der Waals surface area (Å²) in [6.45, 7) is 13.2. The van der Waals surface area contributed by atoms with Crippen LogP contribution in [-0.4, -0.2) is 7.28 Å². The largest absolute Gasteiger partial charge is 0.457 e. The highest BCUT2D eigenvalue weighted by atomic mass is 16.5. The van der Waals surface area contributed by atoms with Gasteiger partial charge in [-0.15, -0.1) is 0 Å². The Labute approximate surface area is 206 Å². The third-order valence-corrected chi connectivity index (χ3v) is 6.85. The molecule has 1 nitrogen and oxygen atoms in total. The first-order chi connectivity index (χ1) is 16.4. The Morgan fingerprint density at radius 3 is 1.71 bits per heavy atom. The van der Waals surface area contributed by atoms with Gasteiger partial charge >= 0.3 is 0 Å². The minimum Gasteiger partial charge on any atom is -0.457 e. The van der Waals surface area contributed by atoms with Crippen LogP contribution in [0, 0.1) is 27.7 Å². The van der Waals surface area contributed by atoms with Crippen LogP contribution in [0.4, 0.5) is 0 Å². The summed E-state index contributed by atoms with van der Waals surface area (Å²) < 4.78 is 6.21. The molecule has 0 aliphatic rings. The second-order valence-electron chi connectivity index (χ2n) is 9.49. The molecule has 0 N–H and O–H groups in total. The van der Waals surface area contributed by atoms with E-state index in [1.54, 1.807) is 0 Å². The van der Waals surface area contributed by atoms with Crippen LogP contribution in [0.15, 0.2) is 78.9 Å². The third-order valence-electron chi connectivity index (χ3n) is 6.85. The molecule has 0 fully saturated rings. The molecule has 1 atom stereocenters. The van der Waals surface area contributed by atoms with Crippen molar-refractivity contribution < 1.29 is 4.74 Å². The zero-order valence-electron chi connectivity index (χ0n) is 21.3. The molecular formula is C32H34BO. The van der Waals surface area contributed by atoms with E-state index in [0.29, 0.717) is 5.92 Å². The maximum absolute atomic E-state index is 6.21. The van der Waals surface area contributed by atoms with Crippen LogP contribution in [0.5, 0.6) is 11.5 Å². The Hall–Kier alpha value is -3.26. The molecule has 34 heavy (non-hydrogen) atoms. The van der Waals surface area contributed by atoms with E-state index in [9.17, 15) is 0 Å². The number of rotatable bonds is 7. The predicted molar refractivity (Wildman–Crippen MR) is 148 cm³/mol. The van der Waals surface area contributed by atoms with Gasteiger partial charge < -0.3 is 4.74 Å². The van der Waals surface area contributed by atoms with Crippen LogP contribution in [0.1, 0.15) is 54.0 Å². The number of aryl methyl sites for hydroxylation is 4. The highest BCUT2D eigenvalue weighted by molar-refractivity contribution is 6.69. The summed E-state index contributed by atoms with van der Waals surface area (Å²) in [7, 11) is 2.33. The fourth-order valence-corrected chi connectivity index (χ4v) is 4.60. The SMILES string of the molecule is CCC(C)c1ccc(Oc2cc(C)c([B]c3c(C)cc(-c4ccccc4)cc3C)c(C)c2)cc1. The summed E-state index contributed by atoms with van der Waals surface area (Å²) >= 11 is 0. The predicted octanol–water partition coefficient (Wildman–Crippen LogP) is 7.55. The summed E-state index contributed by atoms with van der Waals surface area (Å²) in [6, 6.07) is 28.0. The van der Waals surface area contributed by atoms with E-state index >= 15 is 0 Å². The van der Waals surface area contributed by atoms with Gasteiger partial charge in [-0.1, -0.05) is 102 Å². The lowest BCUT2D eigenvalue weighted by atomic mass is 9.58. The number of hydrogen-bond acceptors (Lipinski definition) is 1. The van der Waals surface area contributed by atoms with Crippen molar-refractivity contribution in [3.8, 4) is 22.6 Å². The fraction of sp³-hybridized carbons (Fsp3) is 0.250. The van der Waals surface area contributed by atoms with Crippen LogP contribution >= 0.6 is 0 Å². The molecule has 4 aromatic rings. The standard InChI is InChI=1S/C32H34BO/c1-7-21(2)26-13-15-29(16-14-26)34-30-19-24(5)32(25(6)20-30)33-31-22(3)17-28(18-23(31)4)27-11-9-8-10-12-27/h8-21H,7H2,1-6H3. The lowest BCUT2D eigenvalue weighted by Gasteiger charge is -2.17. The minimum absolute atomic E-state index is 0.571. The molecule has 171 valence electrons. The van der Waals surface area contributed by atoms with E-state index in [-0.39, 0.29) is 0 Å². The summed E-state index contributed by atoms with van der Waals surface area (Å²) in [5, 5.41) is 0. The Morgan fingerprint density at radius 1 is 0.647 bits per heavy atom. The van der Waals surface area contributed by atoms with E-state index in [0.717, 1.165) is 17.9 Å². The monoisotopic (exact) mass is 445 g/mol. The second-order valence-corrected chi connectivity index (χ2v) is 9.49. The van der Waals surface area contributed by atoms with Gasteiger partial charge in [0.2, 0.25) is 0 Å². The molecule has 0 aromatic heterocycles. The Kier molecular flexibility index (Phi) is 7.27. The lowest BCUT2D eigenvalue weighted by molar-refractivity contribution is 0.481. The summed E-state index contributed by atoms with van der Waals surface area (Å²) in [5.74, 6) is 2.34. The van der Waals surface area contributed by atoms with Crippen LogP contribution in [0.2, 0.25) is 0 Å². The first kappa shape index (κ1) is 23.9. The molecule has 2 heteroatoms. The van der Waals surface area contributed by atoms with Crippen LogP contribution < -0.4 is 15.7 Å². The molecule has 0 aliphatic carbocycles. The van der Waals surface area contributed by atoms with Gasteiger partial charge in [-0.25, -0.2) is 0 Å². The Balaban J connectivity index is 1.56. The van der Waals surface area contributed by atoms with E-state index in [4.69, 9.17) is 4.74 Å². The summed E-state index contributed by atoms with van der Waals surface area (Å²) in [6.07, 6.45) is 1.14. The van der Waals surface area contributed by atoms with Crippen LogP contribution in [0.3, 0.4) is 0 Å². The zero-order chi connectivity index (χ0) is 24.2.